The third kappa shape index (κ3) is 6.45. The van der Waals surface area contributed by atoms with E-state index in [1.807, 2.05) is 0 Å². The lowest BCUT2D eigenvalue weighted by Gasteiger charge is -2.32. The van der Waals surface area contributed by atoms with Gasteiger partial charge in [-0.2, -0.15) is 4.99 Å². The van der Waals surface area contributed by atoms with Crippen LogP contribution in [0.25, 0.3) is 17.4 Å². The lowest BCUT2D eigenvalue weighted by Crippen LogP contribution is -2.45. The molecule has 0 atom stereocenters. The molecule has 0 saturated carbocycles. The first-order valence-corrected chi connectivity index (χ1v) is 12.5. The van der Waals surface area contributed by atoms with Gasteiger partial charge in [-0.1, -0.05) is 12.1 Å². The number of thioether (sulfide) groups is 1. The van der Waals surface area contributed by atoms with Crippen LogP contribution in [0, 0.1) is 16.0 Å². The van der Waals surface area contributed by atoms with E-state index in [0.29, 0.717) is 43.0 Å². The van der Waals surface area contributed by atoms with Crippen LogP contribution in [0.1, 0.15) is 39.4 Å². The van der Waals surface area contributed by atoms with E-state index in [0.717, 1.165) is 11.8 Å². The average Bonchev–Trinajstić information content (AvgIpc) is 3.44. The third-order valence-corrected chi connectivity index (χ3v) is 6.53. The summed E-state index contributed by atoms with van der Waals surface area (Å²) < 4.78 is 11.1. The number of piperidine rings is 1. The number of furan rings is 1. The molecule has 1 aromatic heterocycles. The van der Waals surface area contributed by atoms with Gasteiger partial charge < -0.3 is 19.4 Å². The van der Waals surface area contributed by atoms with Gasteiger partial charge in [0.2, 0.25) is 5.91 Å². The van der Waals surface area contributed by atoms with Crippen molar-refractivity contribution in [2.75, 3.05) is 13.1 Å². The summed E-state index contributed by atoms with van der Waals surface area (Å²) in [7, 11) is 0. The van der Waals surface area contributed by atoms with Crippen LogP contribution < -0.4 is 5.32 Å². The van der Waals surface area contributed by atoms with Crippen LogP contribution in [-0.4, -0.2) is 51.6 Å². The van der Waals surface area contributed by atoms with Crippen LogP contribution in [0.5, 0.6) is 0 Å². The summed E-state index contributed by atoms with van der Waals surface area (Å²) in [4.78, 5) is 53.9. The van der Waals surface area contributed by atoms with E-state index < -0.39 is 22.5 Å². The lowest BCUT2D eigenvalue weighted by molar-refractivity contribution is -0.384. The standard InChI is InChI=1S/C25H26N4O7S/c1-25(2,3)36-24(32)28-12-10-15(11-13-28)21(30)26-23-27-22(31)20(37-23)14-16-8-9-19(35-16)17-6-4-5-7-18(17)29(33)34/h4-9,14-15H,10-13H2,1-3H3,(H,26,27,30,31)/b20-14-. The Labute approximate surface area is 217 Å². The van der Waals surface area contributed by atoms with Crippen molar-refractivity contribution >= 4 is 46.6 Å². The third-order valence-electron chi connectivity index (χ3n) is 5.63. The van der Waals surface area contributed by atoms with E-state index >= 15 is 0 Å². The Morgan fingerprint density at radius 3 is 2.59 bits per heavy atom. The maximum Gasteiger partial charge on any atom is 0.410 e. The maximum atomic E-state index is 12.7. The molecule has 2 aliphatic heterocycles. The molecular formula is C25H26N4O7S. The zero-order chi connectivity index (χ0) is 26.7. The van der Waals surface area contributed by atoms with Gasteiger partial charge in [-0.3, -0.25) is 19.7 Å². The van der Waals surface area contributed by atoms with Crippen LogP contribution in [0.3, 0.4) is 0 Å². The fraction of sp³-hybridized carbons (Fsp3) is 0.360. The molecule has 1 saturated heterocycles. The summed E-state index contributed by atoms with van der Waals surface area (Å²) in [6.45, 7) is 6.20. The second-order valence-electron chi connectivity index (χ2n) is 9.54. The zero-order valence-corrected chi connectivity index (χ0v) is 21.4. The molecule has 2 aliphatic rings. The normalized spacial score (nSPS) is 17.6. The summed E-state index contributed by atoms with van der Waals surface area (Å²) in [6, 6.07) is 9.39. The van der Waals surface area contributed by atoms with Crippen LogP contribution in [-0.2, 0) is 14.3 Å². The van der Waals surface area contributed by atoms with E-state index in [4.69, 9.17) is 9.15 Å². The minimum absolute atomic E-state index is 0.0902. The van der Waals surface area contributed by atoms with Gasteiger partial charge in [-0.05, 0) is 63.6 Å². The molecule has 0 bridgehead atoms. The van der Waals surface area contributed by atoms with Gasteiger partial charge in [0.05, 0.1) is 15.4 Å². The summed E-state index contributed by atoms with van der Waals surface area (Å²) in [6.07, 6.45) is 2.03. The molecule has 0 spiro atoms. The number of para-hydroxylation sites is 1. The Kier molecular flexibility index (Phi) is 7.48. The summed E-state index contributed by atoms with van der Waals surface area (Å²) in [5, 5.41) is 14.2. The number of rotatable bonds is 4. The van der Waals surface area contributed by atoms with Gasteiger partial charge in [0, 0.05) is 31.1 Å². The fourth-order valence-electron chi connectivity index (χ4n) is 3.87. The van der Waals surface area contributed by atoms with Crippen LogP contribution in [0.15, 0.2) is 50.7 Å². The number of nitro groups is 1. The Bertz CT molecular complexity index is 1300. The molecule has 11 nitrogen and oxygen atoms in total. The molecule has 0 unspecified atom stereocenters. The number of carbonyl (C=O) groups excluding carboxylic acids is 3. The predicted molar refractivity (Wildman–Crippen MR) is 137 cm³/mol. The van der Waals surface area contributed by atoms with Crippen LogP contribution in [0.4, 0.5) is 10.5 Å². The largest absolute Gasteiger partial charge is 0.456 e. The molecule has 1 aromatic carbocycles. The number of carbonyl (C=O) groups is 3. The van der Waals surface area contributed by atoms with Crippen LogP contribution in [0.2, 0.25) is 0 Å². The monoisotopic (exact) mass is 526 g/mol. The highest BCUT2D eigenvalue weighted by Crippen LogP contribution is 2.33. The van der Waals surface area contributed by atoms with Crippen LogP contribution >= 0.6 is 11.8 Å². The molecule has 194 valence electrons. The first kappa shape index (κ1) is 26.1. The summed E-state index contributed by atoms with van der Waals surface area (Å²) in [5.74, 6) is -0.494. The van der Waals surface area contributed by atoms with E-state index in [-0.39, 0.29) is 27.6 Å². The Morgan fingerprint density at radius 1 is 1.22 bits per heavy atom. The van der Waals surface area contributed by atoms with Gasteiger partial charge in [0.25, 0.3) is 11.6 Å². The Hall–Kier alpha value is -3.93. The number of benzene rings is 1. The van der Waals surface area contributed by atoms with Gasteiger partial charge in [-0.15, -0.1) is 0 Å². The first-order valence-electron chi connectivity index (χ1n) is 11.6. The van der Waals surface area contributed by atoms with Gasteiger partial charge in [-0.25, -0.2) is 4.79 Å². The number of nitro benzene ring substituents is 1. The second-order valence-corrected chi connectivity index (χ2v) is 10.6. The number of amidine groups is 1. The molecule has 1 N–H and O–H groups in total. The molecule has 37 heavy (non-hydrogen) atoms. The van der Waals surface area contributed by atoms with E-state index in [2.05, 4.69) is 10.3 Å². The minimum atomic E-state index is -0.586. The minimum Gasteiger partial charge on any atom is -0.456 e. The molecule has 3 heterocycles. The van der Waals surface area contributed by atoms with Crippen molar-refractivity contribution in [2.45, 2.75) is 39.2 Å². The highest BCUT2D eigenvalue weighted by molar-refractivity contribution is 8.18. The van der Waals surface area contributed by atoms with Crippen molar-refractivity contribution in [1.82, 2.24) is 10.2 Å². The predicted octanol–water partition coefficient (Wildman–Crippen LogP) is 4.59. The van der Waals surface area contributed by atoms with Gasteiger partial charge in [0.1, 0.15) is 17.1 Å². The summed E-state index contributed by atoms with van der Waals surface area (Å²) >= 11 is 1.01. The molecular weight excluding hydrogens is 500 g/mol. The molecule has 0 radical (unpaired) electrons. The van der Waals surface area contributed by atoms with E-state index in [9.17, 15) is 24.5 Å². The van der Waals surface area contributed by atoms with Crippen molar-refractivity contribution in [3.63, 3.8) is 0 Å². The SMILES string of the molecule is CC(C)(C)OC(=O)N1CCC(C(=O)NC2=NC(=O)/C(=C/c3ccc(-c4ccccc4[N+](=O)[O-])o3)S2)CC1. The number of amides is 3. The number of hydrogen-bond acceptors (Lipinski definition) is 8. The highest BCUT2D eigenvalue weighted by atomic mass is 32.2. The van der Waals surface area contributed by atoms with Crippen molar-refractivity contribution < 1.29 is 28.5 Å². The molecule has 3 amide bonds. The average molecular weight is 527 g/mol. The molecule has 12 heteroatoms. The Morgan fingerprint density at radius 2 is 1.92 bits per heavy atom. The van der Waals surface area contributed by atoms with Crippen molar-refractivity contribution in [3.05, 3.63) is 57.2 Å². The fourth-order valence-corrected chi connectivity index (χ4v) is 4.66. The smallest absolute Gasteiger partial charge is 0.410 e. The zero-order valence-electron chi connectivity index (χ0n) is 20.6. The topological polar surface area (TPSA) is 144 Å². The number of hydrogen-bond donors (Lipinski definition) is 1. The lowest BCUT2D eigenvalue weighted by atomic mass is 9.96. The number of aliphatic imine (C=N–C) groups is 1. The van der Waals surface area contributed by atoms with Crippen molar-refractivity contribution in [1.29, 1.82) is 0 Å². The van der Waals surface area contributed by atoms with Crippen molar-refractivity contribution in [2.24, 2.45) is 10.9 Å². The van der Waals surface area contributed by atoms with E-state index in [1.54, 1.807) is 56.0 Å². The Balaban J connectivity index is 1.34. The number of likely N-dealkylation sites (tertiary alicyclic amines) is 1. The number of nitrogens with one attached hydrogen (secondary N) is 1. The molecule has 0 aliphatic carbocycles. The van der Waals surface area contributed by atoms with E-state index in [1.165, 1.54) is 12.1 Å². The molecule has 2 aromatic rings. The van der Waals surface area contributed by atoms with Crippen molar-refractivity contribution in [3.8, 4) is 11.3 Å². The number of ether oxygens (including phenoxy) is 1. The maximum absolute atomic E-state index is 12.7. The molecule has 4 rings (SSSR count). The number of nitrogens with zero attached hydrogens (tertiary/aromatic N) is 3. The van der Waals surface area contributed by atoms with Gasteiger partial charge in [0.15, 0.2) is 5.17 Å². The summed E-state index contributed by atoms with van der Waals surface area (Å²) in [5.41, 5.74) is -0.352. The quantitative estimate of drug-likeness (QED) is 0.346. The van der Waals surface area contributed by atoms with Gasteiger partial charge >= 0.3 is 6.09 Å². The highest BCUT2D eigenvalue weighted by Gasteiger charge is 2.32. The first-order chi connectivity index (χ1) is 17.5. The second kappa shape index (κ2) is 10.6. The molecule has 1 fully saturated rings.